The number of hydrogen-bond acceptors (Lipinski definition) is 3. The quantitative estimate of drug-likeness (QED) is 0.920. The van der Waals surface area contributed by atoms with Crippen LogP contribution in [0.5, 0.6) is 0 Å². The third kappa shape index (κ3) is 2.62. The number of rotatable bonds is 2. The Morgan fingerprint density at radius 1 is 1.50 bits per heavy atom. The van der Waals surface area contributed by atoms with Crippen LogP contribution in [0.3, 0.4) is 0 Å². The molecule has 2 aromatic rings. The van der Waals surface area contributed by atoms with Crippen molar-refractivity contribution in [2.75, 3.05) is 13.1 Å². The monoisotopic (exact) mass is 297 g/mol. The molecule has 0 spiro atoms. The topological polar surface area (TPSA) is 77.7 Å². The number of nitriles is 1. The van der Waals surface area contributed by atoms with E-state index in [4.69, 9.17) is 5.26 Å². The smallest absolute Gasteiger partial charge is 0.270 e. The molecule has 0 radical (unpaired) electrons. The maximum atomic E-state index is 12.7. The minimum Gasteiger partial charge on any atom is -0.345 e. The first-order valence-corrected chi connectivity index (χ1v) is 7.46. The highest BCUT2D eigenvalue weighted by Gasteiger charge is 2.28. The average molecular weight is 297 g/mol. The Kier molecular flexibility index (Phi) is 3.72. The second kappa shape index (κ2) is 5.68. The number of aromatic amines is 1. The highest BCUT2D eigenvalue weighted by Crippen LogP contribution is 2.27. The predicted octanol–water partition coefficient (Wildman–Crippen LogP) is 1.95. The van der Waals surface area contributed by atoms with Gasteiger partial charge in [-0.3, -0.25) is 9.89 Å². The van der Waals surface area contributed by atoms with Crippen molar-refractivity contribution in [2.24, 2.45) is 7.05 Å². The van der Waals surface area contributed by atoms with E-state index in [1.807, 2.05) is 11.8 Å². The normalized spacial score (nSPS) is 18.2. The van der Waals surface area contributed by atoms with Crippen molar-refractivity contribution in [3.63, 3.8) is 0 Å². The standard InChI is InChI=1S/C16H19N5O/c1-11-6-14(19-18-11)13-4-3-5-21(10-13)16(22)15-7-12(8-17)9-20(15)2/h6-7,9,13H,3-5,10H2,1-2H3,(H,18,19). The van der Waals surface area contributed by atoms with Crippen molar-refractivity contribution in [3.05, 3.63) is 41.0 Å². The molecule has 3 heterocycles. The summed E-state index contributed by atoms with van der Waals surface area (Å²) in [6, 6.07) is 5.79. The van der Waals surface area contributed by atoms with Crippen molar-refractivity contribution >= 4 is 5.91 Å². The average Bonchev–Trinajstić information content (AvgIpc) is 3.12. The van der Waals surface area contributed by atoms with Crippen LogP contribution in [-0.2, 0) is 7.05 Å². The Balaban J connectivity index is 1.78. The van der Waals surface area contributed by atoms with Crippen LogP contribution in [0.4, 0.5) is 0 Å². The number of aryl methyl sites for hydroxylation is 2. The number of aromatic nitrogens is 3. The number of carbonyl (C=O) groups is 1. The third-order valence-corrected chi connectivity index (χ3v) is 4.21. The fourth-order valence-corrected chi connectivity index (χ4v) is 3.05. The first-order chi connectivity index (χ1) is 10.6. The minimum atomic E-state index is -0.0130. The lowest BCUT2D eigenvalue weighted by atomic mass is 9.94. The Labute approximate surface area is 129 Å². The molecule has 1 aliphatic rings. The van der Waals surface area contributed by atoms with E-state index in [-0.39, 0.29) is 11.8 Å². The lowest BCUT2D eigenvalue weighted by molar-refractivity contribution is 0.0696. The molecule has 22 heavy (non-hydrogen) atoms. The van der Waals surface area contributed by atoms with E-state index in [1.165, 1.54) is 0 Å². The molecule has 1 amide bonds. The van der Waals surface area contributed by atoms with Gasteiger partial charge < -0.3 is 9.47 Å². The zero-order valence-electron chi connectivity index (χ0n) is 12.8. The summed E-state index contributed by atoms with van der Waals surface area (Å²) >= 11 is 0. The fourth-order valence-electron chi connectivity index (χ4n) is 3.05. The predicted molar refractivity (Wildman–Crippen MR) is 81.3 cm³/mol. The van der Waals surface area contributed by atoms with Crippen LogP contribution >= 0.6 is 0 Å². The van der Waals surface area contributed by atoms with Crippen molar-refractivity contribution < 1.29 is 4.79 Å². The maximum absolute atomic E-state index is 12.7. The summed E-state index contributed by atoms with van der Waals surface area (Å²) in [7, 11) is 1.80. The number of nitrogens with one attached hydrogen (secondary N) is 1. The summed E-state index contributed by atoms with van der Waals surface area (Å²) in [5, 5.41) is 16.3. The largest absolute Gasteiger partial charge is 0.345 e. The van der Waals surface area contributed by atoms with Gasteiger partial charge in [-0.25, -0.2) is 0 Å². The van der Waals surface area contributed by atoms with E-state index in [0.717, 1.165) is 30.8 Å². The molecule has 114 valence electrons. The molecule has 1 unspecified atom stereocenters. The number of carbonyl (C=O) groups excluding carboxylic acids is 1. The van der Waals surface area contributed by atoms with Crippen molar-refractivity contribution in [2.45, 2.75) is 25.7 Å². The lowest BCUT2D eigenvalue weighted by Gasteiger charge is -2.32. The van der Waals surface area contributed by atoms with Crippen LogP contribution in [0.25, 0.3) is 0 Å². The van der Waals surface area contributed by atoms with Gasteiger partial charge in [-0.15, -0.1) is 0 Å². The van der Waals surface area contributed by atoms with Crippen LogP contribution in [0, 0.1) is 18.3 Å². The molecule has 3 rings (SSSR count). The molecule has 1 atom stereocenters. The van der Waals surface area contributed by atoms with Crippen LogP contribution in [-0.4, -0.2) is 38.7 Å². The van der Waals surface area contributed by atoms with E-state index < -0.39 is 0 Å². The molecule has 0 aromatic carbocycles. The number of piperidine rings is 1. The van der Waals surface area contributed by atoms with Crippen LogP contribution < -0.4 is 0 Å². The molecule has 2 aromatic heterocycles. The van der Waals surface area contributed by atoms with Gasteiger partial charge in [0.1, 0.15) is 11.8 Å². The van der Waals surface area contributed by atoms with Crippen molar-refractivity contribution in [1.29, 1.82) is 5.26 Å². The Morgan fingerprint density at radius 3 is 2.95 bits per heavy atom. The highest BCUT2D eigenvalue weighted by atomic mass is 16.2. The molecule has 1 aliphatic heterocycles. The summed E-state index contributed by atoms with van der Waals surface area (Å²) in [6.45, 7) is 3.41. The Bertz CT molecular complexity index is 736. The van der Waals surface area contributed by atoms with E-state index >= 15 is 0 Å². The number of hydrogen-bond donors (Lipinski definition) is 1. The van der Waals surface area contributed by atoms with Crippen LogP contribution in [0.2, 0.25) is 0 Å². The lowest BCUT2D eigenvalue weighted by Crippen LogP contribution is -2.39. The summed E-state index contributed by atoms with van der Waals surface area (Å²) < 4.78 is 1.73. The summed E-state index contributed by atoms with van der Waals surface area (Å²) in [5.41, 5.74) is 3.15. The molecular formula is C16H19N5O. The molecular weight excluding hydrogens is 278 g/mol. The number of H-pyrrole nitrogens is 1. The zero-order valence-corrected chi connectivity index (χ0v) is 12.8. The second-order valence-electron chi connectivity index (χ2n) is 5.90. The third-order valence-electron chi connectivity index (χ3n) is 4.21. The van der Waals surface area contributed by atoms with Gasteiger partial charge in [0.15, 0.2) is 0 Å². The summed E-state index contributed by atoms with van der Waals surface area (Å²) in [4.78, 5) is 14.6. The fraction of sp³-hybridized carbons (Fsp3) is 0.438. The minimum absolute atomic E-state index is 0.0130. The molecule has 6 heteroatoms. The molecule has 0 bridgehead atoms. The summed E-state index contributed by atoms with van der Waals surface area (Å²) in [6.07, 6.45) is 3.70. The van der Waals surface area contributed by atoms with Gasteiger partial charge in [0.05, 0.1) is 11.3 Å². The Morgan fingerprint density at radius 2 is 2.32 bits per heavy atom. The number of nitrogens with zero attached hydrogens (tertiary/aromatic N) is 4. The van der Waals surface area contributed by atoms with Gasteiger partial charge >= 0.3 is 0 Å². The Hall–Kier alpha value is -2.55. The van der Waals surface area contributed by atoms with Gasteiger partial charge in [0, 0.05) is 37.9 Å². The molecule has 6 nitrogen and oxygen atoms in total. The van der Waals surface area contributed by atoms with E-state index in [9.17, 15) is 4.79 Å². The maximum Gasteiger partial charge on any atom is 0.270 e. The van der Waals surface area contributed by atoms with E-state index in [0.29, 0.717) is 17.8 Å². The SMILES string of the molecule is Cc1cc(C2CCCN(C(=O)c3cc(C#N)cn3C)C2)n[nH]1. The van der Waals surface area contributed by atoms with E-state index in [2.05, 4.69) is 22.3 Å². The van der Waals surface area contributed by atoms with Crippen molar-refractivity contribution in [3.8, 4) is 6.07 Å². The molecule has 1 N–H and O–H groups in total. The summed E-state index contributed by atoms with van der Waals surface area (Å²) in [5.74, 6) is 0.263. The molecule has 0 saturated carbocycles. The van der Waals surface area contributed by atoms with Crippen LogP contribution in [0.15, 0.2) is 18.3 Å². The van der Waals surface area contributed by atoms with Gasteiger partial charge in [0.25, 0.3) is 5.91 Å². The zero-order chi connectivity index (χ0) is 15.7. The van der Waals surface area contributed by atoms with E-state index in [1.54, 1.807) is 23.9 Å². The highest BCUT2D eigenvalue weighted by molar-refractivity contribution is 5.93. The van der Waals surface area contributed by atoms with Crippen LogP contribution in [0.1, 0.15) is 46.2 Å². The molecule has 1 saturated heterocycles. The molecule has 1 fully saturated rings. The second-order valence-corrected chi connectivity index (χ2v) is 5.90. The van der Waals surface area contributed by atoms with Gasteiger partial charge in [-0.2, -0.15) is 10.4 Å². The molecule has 0 aliphatic carbocycles. The van der Waals surface area contributed by atoms with Gasteiger partial charge in [0.2, 0.25) is 0 Å². The first-order valence-electron chi connectivity index (χ1n) is 7.46. The van der Waals surface area contributed by atoms with Gasteiger partial charge in [-0.1, -0.05) is 0 Å². The number of amides is 1. The first kappa shape index (κ1) is 14.4. The van der Waals surface area contributed by atoms with Crippen molar-refractivity contribution in [1.82, 2.24) is 19.7 Å². The van der Waals surface area contributed by atoms with Gasteiger partial charge in [-0.05, 0) is 31.9 Å². The number of likely N-dealkylation sites (tertiary alicyclic amines) is 1.